The normalized spacial score (nSPS) is 17.6. The molecule has 3 rings (SSSR count). The van der Waals surface area contributed by atoms with E-state index in [9.17, 15) is 13.2 Å². The van der Waals surface area contributed by atoms with Crippen LogP contribution in [0.15, 0.2) is 28.5 Å². The molecule has 0 fully saturated rings. The van der Waals surface area contributed by atoms with Crippen LogP contribution in [0.3, 0.4) is 0 Å². The predicted molar refractivity (Wildman–Crippen MR) is 85.8 cm³/mol. The standard InChI is InChI=1S/C15H16N2O4S2/c1-9-15(22-10(2)16-9)23(19,20)17-14(18)13-12-6-4-3-5-11(12)7-8-21-13/h3-6,13H,7-8H2,1-2H3,(H,17,18)/t13-/m0/s1. The first kappa shape index (κ1) is 16.1. The lowest BCUT2D eigenvalue weighted by Gasteiger charge is -2.24. The number of thiazole rings is 1. The molecular weight excluding hydrogens is 336 g/mol. The summed E-state index contributed by atoms with van der Waals surface area (Å²) in [6.07, 6.45) is -0.205. The number of fused-ring (bicyclic) bond motifs is 1. The van der Waals surface area contributed by atoms with Gasteiger partial charge in [-0.05, 0) is 31.4 Å². The van der Waals surface area contributed by atoms with E-state index in [2.05, 4.69) is 9.71 Å². The molecule has 1 aliphatic heterocycles. The van der Waals surface area contributed by atoms with Crippen LogP contribution in [0, 0.1) is 13.8 Å². The van der Waals surface area contributed by atoms with Gasteiger partial charge >= 0.3 is 0 Å². The monoisotopic (exact) mass is 352 g/mol. The second kappa shape index (κ2) is 6.03. The Morgan fingerprint density at radius 2 is 2.09 bits per heavy atom. The Kier molecular flexibility index (Phi) is 4.22. The summed E-state index contributed by atoms with van der Waals surface area (Å²) in [4.78, 5) is 16.5. The van der Waals surface area contributed by atoms with Crippen molar-refractivity contribution in [3.05, 3.63) is 46.1 Å². The molecule has 0 bridgehead atoms. The number of amides is 1. The molecule has 1 N–H and O–H groups in total. The Balaban J connectivity index is 1.87. The van der Waals surface area contributed by atoms with Gasteiger partial charge in [0.2, 0.25) is 0 Å². The molecule has 122 valence electrons. The summed E-state index contributed by atoms with van der Waals surface area (Å²) in [6, 6.07) is 7.40. The maximum Gasteiger partial charge on any atom is 0.275 e. The van der Waals surface area contributed by atoms with Gasteiger partial charge in [0.15, 0.2) is 10.3 Å². The summed E-state index contributed by atoms with van der Waals surface area (Å²) < 4.78 is 32.5. The van der Waals surface area contributed by atoms with Gasteiger partial charge in [-0.15, -0.1) is 11.3 Å². The van der Waals surface area contributed by atoms with Gasteiger partial charge in [0.05, 0.1) is 17.3 Å². The lowest BCUT2D eigenvalue weighted by molar-refractivity contribution is -0.132. The predicted octanol–water partition coefficient (Wildman–Crippen LogP) is 1.88. The topological polar surface area (TPSA) is 85.4 Å². The van der Waals surface area contributed by atoms with Crippen molar-refractivity contribution >= 4 is 27.3 Å². The highest BCUT2D eigenvalue weighted by molar-refractivity contribution is 7.92. The van der Waals surface area contributed by atoms with Crippen molar-refractivity contribution in [1.29, 1.82) is 0 Å². The van der Waals surface area contributed by atoms with E-state index in [-0.39, 0.29) is 4.21 Å². The molecule has 2 heterocycles. The number of hydrogen-bond acceptors (Lipinski definition) is 6. The first-order chi connectivity index (χ1) is 10.9. The quantitative estimate of drug-likeness (QED) is 0.911. The van der Waals surface area contributed by atoms with Crippen LogP contribution >= 0.6 is 11.3 Å². The van der Waals surface area contributed by atoms with Gasteiger partial charge in [-0.1, -0.05) is 24.3 Å². The zero-order valence-electron chi connectivity index (χ0n) is 12.7. The molecule has 1 aliphatic rings. The Hall–Kier alpha value is -1.77. The fourth-order valence-corrected chi connectivity index (χ4v) is 5.07. The van der Waals surface area contributed by atoms with Gasteiger partial charge < -0.3 is 4.74 Å². The SMILES string of the molecule is Cc1nc(C)c(S(=O)(=O)NC(=O)[C@H]2OCCc3ccccc32)s1. The van der Waals surface area contributed by atoms with Gasteiger partial charge in [0.25, 0.3) is 15.9 Å². The van der Waals surface area contributed by atoms with Crippen molar-refractivity contribution in [2.75, 3.05) is 6.61 Å². The Bertz CT molecular complexity index is 858. The fraction of sp³-hybridized carbons (Fsp3) is 0.333. The zero-order valence-corrected chi connectivity index (χ0v) is 14.3. The van der Waals surface area contributed by atoms with E-state index >= 15 is 0 Å². The molecule has 8 heteroatoms. The molecule has 1 amide bonds. The number of rotatable bonds is 3. The third-order valence-corrected chi connectivity index (χ3v) is 6.60. The number of sulfonamides is 1. The molecule has 0 spiro atoms. The minimum atomic E-state index is -3.94. The van der Waals surface area contributed by atoms with Crippen LogP contribution < -0.4 is 4.72 Å². The third-order valence-electron chi connectivity index (χ3n) is 3.57. The van der Waals surface area contributed by atoms with Crippen molar-refractivity contribution in [2.45, 2.75) is 30.6 Å². The van der Waals surface area contributed by atoms with Gasteiger partial charge in [-0.2, -0.15) is 0 Å². The highest BCUT2D eigenvalue weighted by Gasteiger charge is 2.31. The maximum absolute atomic E-state index is 12.4. The van der Waals surface area contributed by atoms with Crippen LogP contribution in [0.2, 0.25) is 0 Å². The molecular formula is C15H16N2O4S2. The van der Waals surface area contributed by atoms with Gasteiger partial charge in [-0.3, -0.25) is 4.79 Å². The molecule has 0 saturated heterocycles. The highest BCUT2D eigenvalue weighted by Crippen LogP contribution is 2.28. The van der Waals surface area contributed by atoms with Gasteiger partial charge in [0.1, 0.15) is 0 Å². The van der Waals surface area contributed by atoms with Crippen LogP contribution in [0.5, 0.6) is 0 Å². The molecule has 0 aliphatic carbocycles. The summed E-state index contributed by atoms with van der Waals surface area (Å²) in [5.41, 5.74) is 2.10. The van der Waals surface area contributed by atoms with Crippen molar-refractivity contribution in [3.8, 4) is 0 Å². The number of nitrogens with one attached hydrogen (secondary N) is 1. The molecule has 0 radical (unpaired) electrons. The average molecular weight is 352 g/mol. The number of carbonyl (C=O) groups excluding carboxylic acids is 1. The molecule has 2 aromatic rings. The Labute approximate surface area is 138 Å². The average Bonchev–Trinajstić information content (AvgIpc) is 2.86. The Morgan fingerprint density at radius 3 is 2.78 bits per heavy atom. The first-order valence-corrected chi connectivity index (χ1v) is 9.38. The molecule has 0 unspecified atom stereocenters. The zero-order chi connectivity index (χ0) is 16.6. The number of benzene rings is 1. The number of nitrogens with zero attached hydrogens (tertiary/aromatic N) is 1. The van der Waals surface area contributed by atoms with E-state index < -0.39 is 22.0 Å². The summed E-state index contributed by atoms with van der Waals surface area (Å²) in [5.74, 6) is -0.678. The molecule has 6 nitrogen and oxygen atoms in total. The van der Waals surface area contributed by atoms with Crippen molar-refractivity contribution in [2.24, 2.45) is 0 Å². The van der Waals surface area contributed by atoms with Crippen molar-refractivity contribution in [3.63, 3.8) is 0 Å². The second-order valence-corrected chi connectivity index (χ2v) is 8.36. The van der Waals surface area contributed by atoms with E-state index in [0.717, 1.165) is 16.9 Å². The van der Waals surface area contributed by atoms with E-state index in [1.54, 1.807) is 26.0 Å². The number of hydrogen-bond donors (Lipinski definition) is 1. The Morgan fingerprint density at radius 1 is 1.35 bits per heavy atom. The van der Waals surface area contributed by atoms with Crippen molar-refractivity contribution in [1.82, 2.24) is 9.71 Å². The lowest BCUT2D eigenvalue weighted by atomic mass is 9.97. The van der Waals surface area contributed by atoms with E-state index in [1.165, 1.54) is 0 Å². The van der Waals surface area contributed by atoms with Crippen molar-refractivity contribution < 1.29 is 17.9 Å². The highest BCUT2D eigenvalue weighted by atomic mass is 32.2. The summed E-state index contributed by atoms with van der Waals surface area (Å²) in [6.45, 7) is 3.71. The lowest BCUT2D eigenvalue weighted by Crippen LogP contribution is -2.37. The molecule has 1 aromatic carbocycles. The number of aromatic nitrogens is 1. The number of ether oxygens (including phenoxy) is 1. The smallest absolute Gasteiger partial charge is 0.275 e. The second-order valence-electron chi connectivity index (χ2n) is 5.28. The van der Waals surface area contributed by atoms with Gasteiger partial charge in [-0.25, -0.2) is 18.1 Å². The molecule has 1 aromatic heterocycles. The minimum Gasteiger partial charge on any atom is -0.363 e. The molecule has 23 heavy (non-hydrogen) atoms. The largest absolute Gasteiger partial charge is 0.363 e. The first-order valence-electron chi connectivity index (χ1n) is 7.08. The van der Waals surface area contributed by atoms with Crippen LogP contribution in [0.25, 0.3) is 0 Å². The van der Waals surface area contributed by atoms with Crippen LogP contribution in [0.4, 0.5) is 0 Å². The molecule has 1 atom stereocenters. The van der Waals surface area contributed by atoms with Crippen LogP contribution in [-0.4, -0.2) is 25.9 Å². The summed E-state index contributed by atoms with van der Waals surface area (Å²) >= 11 is 1.04. The fourth-order valence-electron chi connectivity index (χ4n) is 2.61. The van der Waals surface area contributed by atoms with E-state index in [4.69, 9.17) is 4.74 Å². The minimum absolute atomic E-state index is 0.0624. The maximum atomic E-state index is 12.4. The third kappa shape index (κ3) is 3.15. The number of carbonyl (C=O) groups is 1. The van der Waals surface area contributed by atoms with E-state index in [1.807, 2.05) is 12.1 Å². The summed E-state index contributed by atoms with van der Waals surface area (Å²) in [7, 11) is -3.94. The number of aryl methyl sites for hydroxylation is 2. The van der Waals surface area contributed by atoms with Crippen LogP contribution in [0.1, 0.15) is 27.9 Å². The molecule has 0 saturated carbocycles. The van der Waals surface area contributed by atoms with Gasteiger partial charge in [0, 0.05) is 0 Å². The summed E-state index contributed by atoms with van der Waals surface area (Å²) in [5, 5.41) is 0.634. The van der Waals surface area contributed by atoms with E-state index in [0.29, 0.717) is 29.3 Å². The van der Waals surface area contributed by atoms with Crippen LogP contribution in [-0.2, 0) is 26.0 Å².